The first-order valence-electron chi connectivity index (χ1n) is 7.48. The Labute approximate surface area is 140 Å². The van der Waals surface area contributed by atoms with Gasteiger partial charge in [0.05, 0.1) is 25.9 Å². The van der Waals surface area contributed by atoms with Crippen LogP contribution in [0.25, 0.3) is 0 Å². The Balaban J connectivity index is 2.57. The van der Waals surface area contributed by atoms with E-state index in [-0.39, 0.29) is 13.2 Å². The van der Waals surface area contributed by atoms with E-state index in [1.54, 1.807) is 6.92 Å². The molecule has 0 amide bonds. The fraction of sp³-hybridized carbons (Fsp3) is 1.00. The van der Waals surface area contributed by atoms with Crippen molar-refractivity contribution in [3.05, 3.63) is 0 Å². The van der Waals surface area contributed by atoms with E-state index in [2.05, 4.69) is 4.74 Å². The van der Waals surface area contributed by atoms with E-state index < -0.39 is 56.9 Å². The molecule has 1 fully saturated rings. The van der Waals surface area contributed by atoms with Gasteiger partial charge in [-0.3, -0.25) is 0 Å². The molecule has 1 aliphatic heterocycles. The van der Waals surface area contributed by atoms with E-state index in [4.69, 9.17) is 14.0 Å². The second kappa shape index (κ2) is 9.54. The third kappa shape index (κ3) is 6.30. The van der Waals surface area contributed by atoms with E-state index in [0.29, 0.717) is 0 Å². The maximum absolute atomic E-state index is 11.3. The third-order valence-electron chi connectivity index (χ3n) is 3.67. The summed E-state index contributed by atoms with van der Waals surface area (Å²) in [5.41, 5.74) is 0. The topological polar surface area (TPSA) is 158 Å². The molecule has 4 N–H and O–H groups in total. The van der Waals surface area contributed by atoms with Crippen LogP contribution < -0.4 is 4.89 Å². The third-order valence-corrected chi connectivity index (χ3v) is 4.30. The molecule has 0 radical (unpaired) electrons. The molecule has 0 bridgehead atoms. The minimum absolute atomic E-state index is 0.160. The predicted molar refractivity (Wildman–Crippen MR) is 79.2 cm³/mol. The molecule has 0 aromatic rings. The average Bonchev–Trinajstić information content (AvgIpc) is 2.78. The highest BCUT2D eigenvalue weighted by Gasteiger charge is 2.44. The average molecular weight is 373 g/mol. The minimum atomic E-state index is -4.04. The predicted octanol–water partition coefficient (Wildman–Crippen LogP) is -2.35. The molecule has 0 spiro atoms. The summed E-state index contributed by atoms with van der Waals surface area (Å²) < 4.78 is 31.6. The quantitative estimate of drug-likeness (QED) is 0.306. The number of ether oxygens (including phenoxy) is 3. The monoisotopic (exact) mass is 373 g/mol. The lowest BCUT2D eigenvalue weighted by atomic mass is 10.0. The zero-order valence-electron chi connectivity index (χ0n) is 13.8. The number of aliphatic hydroxyl groups excluding tert-OH is 4. The number of hydrogen-bond donors (Lipinski definition) is 4. The second-order valence-corrected chi connectivity index (χ2v) is 7.59. The smallest absolute Gasteiger partial charge is 0.163 e. The minimum Gasteiger partial charge on any atom is -0.779 e. The van der Waals surface area contributed by atoms with Crippen molar-refractivity contribution in [2.75, 3.05) is 33.6 Å². The Morgan fingerprint density at radius 2 is 1.83 bits per heavy atom. The molecule has 0 aromatic heterocycles. The van der Waals surface area contributed by atoms with E-state index in [9.17, 15) is 29.9 Å². The van der Waals surface area contributed by atoms with Crippen LogP contribution in [-0.4, -0.2) is 90.8 Å². The first-order valence-corrected chi connectivity index (χ1v) is 9.47. The van der Waals surface area contributed by atoms with Gasteiger partial charge in [-0.25, -0.2) is 0 Å². The zero-order chi connectivity index (χ0) is 18.5. The van der Waals surface area contributed by atoms with Crippen molar-refractivity contribution >= 4 is 7.60 Å². The van der Waals surface area contributed by atoms with Crippen molar-refractivity contribution in [2.45, 2.75) is 43.7 Å². The molecular weight excluding hydrogens is 347 g/mol. The van der Waals surface area contributed by atoms with Crippen molar-refractivity contribution in [2.24, 2.45) is 5.92 Å². The molecule has 0 aromatic carbocycles. The molecule has 0 saturated carbocycles. The van der Waals surface area contributed by atoms with Gasteiger partial charge in [0.15, 0.2) is 6.29 Å². The Morgan fingerprint density at radius 1 is 1.25 bits per heavy atom. The standard InChI is InChI=1S/C13H27O10P/c1-7-12(23-24(3,18)19)10(4-14)22-13(7)21-6-9(16)11(17)8(15)5-20-2/h7-17H,4-6H2,1-3H3,(H,18,19)/p-1/t7-,8?,9?,10+,11?,12?,13+/m0/s1. The Morgan fingerprint density at radius 3 is 2.33 bits per heavy atom. The Kier molecular flexibility index (Phi) is 8.71. The van der Waals surface area contributed by atoms with Crippen molar-refractivity contribution in [3.8, 4) is 0 Å². The van der Waals surface area contributed by atoms with Crippen LogP contribution in [0.15, 0.2) is 0 Å². The lowest BCUT2D eigenvalue weighted by molar-refractivity contribution is -0.203. The van der Waals surface area contributed by atoms with Gasteiger partial charge in [-0.05, 0) is 0 Å². The maximum atomic E-state index is 11.3. The van der Waals surface area contributed by atoms with Gasteiger partial charge in [-0.15, -0.1) is 0 Å². The summed E-state index contributed by atoms with van der Waals surface area (Å²) in [6.07, 6.45) is -6.94. The number of aliphatic hydroxyl groups is 4. The van der Waals surface area contributed by atoms with Crippen LogP contribution in [0.1, 0.15) is 6.92 Å². The highest BCUT2D eigenvalue weighted by Crippen LogP contribution is 2.41. The molecule has 24 heavy (non-hydrogen) atoms. The number of hydrogen-bond acceptors (Lipinski definition) is 10. The second-order valence-electron chi connectivity index (χ2n) is 5.84. The van der Waals surface area contributed by atoms with E-state index in [0.717, 1.165) is 6.66 Å². The summed E-state index contributed by atoms with van der Waals surface area (Å²) in [5.74, 6) is -0.544. The van der Waals surface area contributed by atoms with Crippen LogP contribution >= 0.6 is 7.60 Å². The molecule has 11 heteroatoms. The molecule has 144 valence electrons. The Bertz CT molecular complexity index is 416. The summed E-state index contributed by atoms with van der Waals surface area (Å²) in [7, 11) is -2.70. The van der Waals surface area contributed by atoms with Crippen LogP contribution in [0.2, 0.25) is 0 Å². The highest BCUT2D eigenvalue weighted by atomic mass is 31.2. The van der Waals surface area contributed by atoms with Gasteiger partial charge < -0.3 is 48.6 Å². The summed E-state index contributed by atoms with van der Waals surface area (Å²) >= 11 is 0. The van der Waals surface area contributed by atoms with Crippen LogP contribution in [-0.2, 0) is 23.3 Å². The lowest BCUT2D eigenvalue weighted by Crippen LogP contribution is -2.43. The SMILES string of the molecule is COCC(O)C(O)C(O)CO[C@@H]1O[C@H](CO)C(OP(C)(=O)[O-])[C@@H]1C. The van der Waals surface area contributed by atoms with Crippen LogP contribution in [0.4, 0.5) is 0 Å². The largest absolute Gasteiger partial charge is 0.779 e. The van der Waals surface area contributed by atoms with Crippen LogP contribution in [0.5, 0.6) is 0 Å². The van der Waals surface area contributed by atoms with Gasteiger partial charge in [0, 0.05) is 19.7 Å². The molecule has 1 saturated heterocycles. The van der Waals surface area contributed by atoms with Crippen molar-refractivity contribution < 1.29 is 48.6 Å². The fourth-order valence-electron chi connectivity index (χ4n) is 2.41. The van der Waals surface area contributed by atoms with Gasteiger partial charge in [-0.2, -0.15) is 0 Å². The van der Waals surface area contributed by atoms with Gasteiger partial charge in [0.2, 0.25) is 0 Å². The first-order chi connectivity index (χ1) is 11.1. The van der Waals surface area contributed by atoms with Gasteiger partial charge >= 0.3 is 0 Å². The number of rotatable bonds is 10. The van der Waals surface area contributed by atoms with E-state index in [1.807, 2.05) is 0 Å². The summed E-state index contributed by atoms with van der Waals surface area (Å²) in [6, 6.07) is 0. The van der Waals surface area contributed by atoms with Gasteiger partial charge in [-0.1, -0.05) is 6.92 Å². The molecule has 0 aliphatic carbocycles. The molecule has 1 aliphatic rings. The van der Waals surface area contributed by atoms with Gasteiger partial charge in [0.1, 0.15) is 32.0 Å². The maximum Gasteiger partial charge on any atom is 0.163 e. The molecular formula is C13H26O10P-. The highest BCUT2D eigenvalue weighted by molar-refractivity contribution is 7.50. The summed E-state index contributed by atoms with van der Waals surface area (Å²) in [4.78, 5) is 11.3. The van der Waals surface area contributed by atoms with Crippen molar-refractivity contribution in [1.29, 1.82) is 0 Å². The number of methoxy groups -OCH3 is 1. The lowest BCUT2D eigenvalue weighted by Gasteiger charge is -2.27. The molecule has 1 heterocycles. The van der Waals surface area contributed by atoms with E-state index in [1.165, 1.54) is 7.11 Å². The normalized spacial score (nSPS) is 33.8. The first kappa shape index (κ1) is 21.9. The molecule has 10 nitrogen and oxygen atoms in total. The molecule has 5 unspecified atom stereocenters. The van der Waals surface area contributed by atoms with E-state index >= 15 is 0 Å². The summed E-state index contributed by atoms with van der Waals surface area (Å²) in [6.45, 7) is 1.53. The van der Waals surface area contributed by atoms with Crippen molar-refractivity contribution in [3.63, 3.8) is 0 Å². The zero-order valence-corrected chi connectivity index (χ0v) is 14.7. The summed E-state index contributed by atoms with van der Waals surface area (Å²) in [5, 5.41) is 38.4. The van der Waals surface area contributed by atoms with Crippen LogP contribution in [0.3, 0.4) is 0 Å². The molecule has 8 atom stereocenters. The van der Waals surface area contributed by atoms with Crippen LogP contribution in [0, 0.1) is 5.92 Å². The fourth-order valence-corrected chi connectivity index (χ4v) is 3.18. The van der Waals surface area contributed by atoms with Crippen molar-refractivity contribution in [1.82, 2.24) is 0 Å². The molecule has 1 rings (SSSR count). The van der Waals surface area contributed by atoms with Gasteiger partial charge in [0.25, 0.3) is 0 Å². The Hall–Kier alpha value is -0.130.